The molecule has 0 spiro atoms. The number of rotatable bonds is 4. The van der Waals surface area contributed by atoms with Gasteiger partial charge in [-0.1, -0.05) is 6.07 Å². The van der Waals surface area contributed by atoms with Crippen LogP contribution in [0.25, 0.3) is 0 Å². The van der Waals surface area contributed by atoms with Crippen molar-refractivity contribution < 1.29 is 22.4 Å². The highest BCUT2D eigenvalue weighted by Crippen LogP contribution is 2.26. The Morgan fingerprint density at radius 3 is 2.70 bits per heavy atom. The van der Waals surface area contributed by atoms with Crippen LogP contribution in [0.1, 0.15) is 34.7 Å². The first-order valence-corrected chi connectivity index (χ1v) is 10.8. The minimum Gasteiger partial charge on any atom is -0.466 e. The van der Waals surface area contributed by atoms with Gasteiger partial charge in [0.05, 0.1) is 11.5 Å². The van der Waals surface area contributed by atoms with Crippen molar-refractivity contribution in [1.29, 1.82) is 0 Å². The summed E-state index contributed by atoms with van der Waals surface area (Å²) >= 11 is 1.15. The van der Waals surface area contributed by atoms with Gasteiger partial charge < -0.3 is 4.42 Å². The van der Waals surface area contributed by atoms with Gasteiger partial charge in [0.1, 0.15) is 15.7 Å². The number of piperidine rings is 1. The van der Waals surface area contributed by atoms with E-state index in [9.17, 15) is 18.0 Å². The first-order chi connectivity index (χ1) is 12.8. The van der Waals surface area contributed by atoms with Crippen LogP contribution in [0.3, 0.4) is 0 Å². The van der Waals surface area contributed by atoms with Gasteiger partial charge in [-0.2, -0.15) is 4.31 Å². The summed E-state index contributed by atoms with van der Waals surface area (Å²) in [7, 11) is -3.59. The van der Waals surface area contributed by atoms with Gasteiger partial charge in [-0.3, -0.25) is 20.4 Å². The Morgan fingerprint density at radius 1 is 1.30 bits per heavy atom. The molecule has 0 aliphatic carbocycles. The fourth-order valence-electron chi connectivity index (χ4n) is 3.06. The molecule has 1 fully saturated rings. The molecular weight excluding hydrogens is 390 g/mol. The van der Waals surface area contributed by atoms with Crippen molar-refractivity contribution >= 4 is 33.2 Å². The van der Waals surface area contributed by atoms with E-state index in [0.717, 1.165) is 11.3 Å². The summed E-state index contributed by atoms with van der Waals surface area (Å²) in [5, 5.41) is 1.70. The van der Waals surface area contributed by atoms with Crippen LogP contribution in [0, 0.1) is 19.8 Å². The molecule has 1 saturated heterocycles. The van der Waals surface area contributed by atoms with Gasteiger partial charge in [0.15, 0.2) is 0 Å². The Morgan fingerprint density at radius 2 is 2.07 bits per heavy atom. The predicted octanol–water partition coefficient (Wildman–Crippen LogP) is 1.82. The zero-order valence-electron chi connectivity index (χ0n) is 15.0. The highest BCUT2D eigenvalue weighted by Gasteiger charge is 2.34. The number of hydrogen-bond acceptors (Lipinski definition) is 6. The van der Waals surface area contributed by atoms with Crippen LogP contribution in [0.15, 0.2) is 32.2 Å². The van der Waals surface area contributed by atoms with E-state index >= 15 is 0 Å². The topological polar surface area (TPSA) is 109 Å². The fourth-order valence-corrected chi connectivity index (χ4v) is 5.72. The van der Waals surface area contributed by atoms with Crippen LogP contribution in [-0.4, -0.2) is 37.6 Å². The minimum absolute atomic E-state index is 0.0891. The lowest BCUT2D eigenvalue weighted by Gasteiger charge is -2.30. The molecule has 10 heteroatoms. The number of sulfonamides is 1. The van der Waals surface area contributed by atoms with Gasteiger partial charge in [-0.15, -0.1) is 11.3 Å². The van der Waals surface area contributed by atoms with E-state index in [1.165, 1.54) is 4.31 Å². The molecule has 0 unspecified atom stereocenters. The molecule has 0 saturated carbocycles. The summed E-state index contributed by atoms with van der Waals surface area (Å²) in [5.74, 6) is -0.347. The number of furan rings is 1. The van der Waals surface area contributed by atoms with Crippen molar-refractivity contribution in [3.63, 3.8) is 0 Å². The van der Waals surface area contributed by atoms with Crippen molar-refractivity contribution in [3.8, 4) is 0 Å². The molecule has 0 bridgehead atoms. The molecule has 2 amide bonds. The van der Waals surface area contributed by atoms with Crippen molar-refractivity contribution in [2.45, 2.75) is 30.9 Å². The molecule has 2 aromatic heterocycles. The van der Waals surface area contributed by atoms with E-state index in [2.05, 4.69) is 10.9 Å². The van der Waals surface area contributed by atoms with Crippen molar-refractivity contribution in [1.82, 2.24) is 15.2 Å². The number of hydrogen-bond donors (Lipinski definition) is 2. The summed E-state index contributed by atoms with van der Waals surface area (Å²) in [4.78, 5) is 24.6. The smallest absolute Gasteiger partial charge is 0.273 e. The van der Waals surface area contributed by atoms with Crippen LogP contribution >= 0.6 is 11.3 Å². The molecule has 146 valence electrons. The number of amides is 2. The third kappa shape index (κ3) is 4.23. The average molecular weight is 412 g/mol. The Kier molecular flexibility index (Phi) is 5.68. The quantitative estimate of drug-likeness (QED) is 0.746. The van der Waals surface area contributed by atoms with Gasteiger partial charge in [-0.05, 0) is 44.2 Å². The number of hydrazine groups is 1. The van der Waals surface area contributed by atoms with Crippen LogP contribution in [0.5, 0.6) is 0 Å². The van der Waals surface area contributed by atoms with Crippen molar-refractivity contribution in [2.75, 3.05) is 13.1 Å². The maximum absolute atomic E-state index is 12.6. The molecule has 3 rings (SSSR count). The molecule has 27 heavy (non-hydrogen) atoms. The number of nitrogens with zero attached hydrogens (tertiary/aromatic N) is 1. The lowest BCUT2D eigenvalue weighted by Crippen LogP contribution is -2.49. The SMILES string of the molecule is Cc1cc(C(=O)NNC(=O)[C@@H]2CCCN(S(=O)(=O)c3cccs3)C2)c(C)o1. The molecule has 0 aromatic carbocycles. The van der Waals surface area contributed by atoms with E-state index in [1.54, 1.807) is 37.4 Å². The second-order valence-corrected chi connectivity index (χ2v) is 9.52. The van der Waals surface area contributed by atoms with Crippen molar-refractivity contribution in [2.24, 2.45) is 5.92 Å². The first kappa shape index (κ1) is 19.6. The van der Waals surface area contributed by atoms with E-state index in [0.29, 0.717) is 36.5 Å². The number of thiophene rings is 1. The van der Waals surface area contributed by atoms with E-state index in [-0.39, 0.29) is 10.8 Å². The van der Waals surface area contributed by atoms with E-state index in [4.69, 9.17) is 4.42 Å². The first-order valence-electron chi connectivity index (χ1n) is 8.50. The number of carbonyl (C=O) groups is 2. The molecule has 1 atom stereocenters. The Labute approximate surface area is 161 Å². The van der Waals surface area contributed by atoms with Gasteiger partial charge in [0.2, 0.25) is 5.91 Å². The van der Waals surface area contributed by atoms with Gasteiger partial charge in [0, 0.05) is 13.1 Å². The largest absolute Gasteiger partial charge is 0.466 e. The van der Waals surface area contributed by atoms with Gasteiger partial charge >= 0.3 is 0 Å². The standard InChI is InChI=1S/C17H21N3O5S2/c1-11-9-14(12(2)25-11)17(22)19-18-16(21)13-5-3-7-20(10-13)27(23,24)15-6-4-8-26-15/h4,6,8-9,13H,3,5,7,10H2,1-2H3,(H,18,21)(H,19,22)/t13-/m1/s1. The van der Waals surface area contributed by atoms with Crippen LogP contribution < -0.4 is 10.9 Å². The Bertz CT molecular complexity index is 934. The molecule has 2 N–H and O–H groups in total. The third-order valence-electron chi connectivity index (χ3n) is 4.43. The molecule has 1 aliphatic heterocycles. The number of carbonyl (C=O) groups excluding carboxylic acids is 2. The summed E-state index contributed by atoms with van der Waals surface area (Å²) in [6.07, 6.45) is 1.14. The average Bonchev–Trinajstić information content (AvgIpc) is 3.29. The highest BCUT2D eigenvalue weighted by molar-refractivity contribution is 7.91. The van der Waals surface area contributed by atoms with Crippen LogP contribution in [-0.2, 0) is 14.8 Å². The third-order valence-corrected chi connectivity index (χ3v) is 7.67. The normalized spacial score (nSPS) is 18.2. The monoisotopic (exact) mass is 411 g/mol. The molecule has 8 nitrogen and oxygen atoms in total. The van der Waals surface area contributed by atoms with Gasteiger partial charge in [-0.25, -0.2) is 8.42 Å². The van der Waals surface area contributed by atoms with E-state index < -0.39 is 27.8 Å². The maximum Gasteiger partial charge on any atom is 0.273 e. The zero-order valence-corrected chi connectivity index (χ0v) is 16.7. The summed E-state index contributed by atoms with van der Waals surface area (Å²) < 4.78 is 32.2. The Hall–Kier alpha value is -2.17. The molecule has 1 aliphatic rings. The fraction of sp³-hybridized carbons (Fsp3) is 0.412. The summed E-state index contributed by atoms with van der Waals surface area (Å²) in [6, 6.07) is 4.83. The minimum atomic E-state index is -3.59. The zero-order chi connectivity index (χ0) is 19.6. The van der Waals surface area contributed by atoms with E-state index in [1.807, 2.05) is 0 Å². The van der Waals surface area contributed by atoms with Crippen LogP contribution in [0.4, 0.5) is 0 Å². The lowest BCUT2D eigenvalue weighted by atomic mass is 9.99. The number of nitrogens with one attached hydrogen (secondary N) is 2. The summed E-state index contributed by atoms with van der Waals surface area (Å²) in [5.41, 5.74) is 5.11. The lowest BCUT2D eigenvalue weighted by molar-refractivity contribution is -0.126. The highest BCUT2D eigenvalue weighted by atomic mass is 32.2. The second-order valence-electron chi connectivity index (χ2n) is 6.40. The molecule has 2 aromatic rings. The Balaban J connectivity index is 1.60. The second kappa shape index (κ2) is 7.83. The molecular formula is C17H21N3O5S2. The molecule has 3 heterocycles. The van der Waals surface area contributed by atoms with Gasteiger partial charge in [0.25, 0.3) is 15.9 Å². The maximum atomic E-state index is 12.6. The molecule has 0 radical (unpaired) electrons. The van der Waals surface area contributed by atoms with Crippen molar-refractivity contribution in [3.05, 3.63) is 40.7 Å². The predicted molar refractivity (Wildman–Crippen MR) is 99.6 cm³/mol. The number of aryl methyl sites for hydroxylation is 2. The summed E-state index contributed by atoms with van der Waals surface area (Å²) in [6.45, 7) is 3.86. The van der Waals surface area contributed by atoms with Crippen LogP contribution in [0.2, 0.25) is 0 Å².